The van der Waals surface area contributed by atoms with Gasteiger partial charge in [-0.25, -0.2) is 4.39 Å². The van der Waals surface area contributed by atoms with Crippen LogP contribution in [0.25, 0.3) is 0 Å². The fourth-order valence-corrected chi connectivity index (χ4v) is 1.58. The van der Waals surface area contributed by atoms with Crippen LogP contribution in [-0.2, 0) is 6.54 Å². The minimum Gasteiger partial charge on any atom is -0.508 e. The van der Waals surface area contributed by atoms with E-state index in [1.54, 1.807) is 12.1 Å². The van der Waals surface area contributed by atoms with E-state index < -0.39 is 5.82 Å². The summed E-state index contributed by atoms with van der Waals surface area (Å²) < 4.78 is 17.5. The average molecular weight is 236 g/mol. The minimum absolute atomic E-state index is 0.0508. The van der Waals surface area contributed by atoms with Gasteiger partial charge in [-0.1, -0.05) is 11.2 Å². The lowest BCUT2D eigenvalue weighted by Crippen LogP contribution is -2.18. The Labute approximate surface area is 98.1 Å². The Morgan fingerprint density at radius 3 is 2.94 bits per heavy atom. The first-order valence-electron chi connectivity index (χ1n) is 5.28. The van der Waals surface area contributed by atoms with Gasteiger partial charge in [0.1, 0.15) is 17.8 Å². The Kier molecular flexibility index (Phi) is 3.39. The van der Waals surface area contributed by atoms with Crippen LogP contribution < -0.4 is 5.32 Å². The normalized spacial score (nSPS) is 12.6. The predicted molar refractivity (Wildman–Crippen MR) is 59.8 cm³/mol. The molecule has 1 aromatic heterocycles. The topological polar surface area (TPSA) is 58.3 Å². The first kappa shape index (κ1) is 11.6. The van der Waals surface area contributed by atoms with E-state index in [0.29, 0.717) is 12.1 Å². The SMILES string of the molecule is CC(NCc1ccon1)c1ccc(F)cc1O. The Morgan fingerprint density at radius 1 is 1.47 bits per heavy atom. The number of phenols is 1. The summed E-state index contributed by atoms with van der Waals surface area (Å²) in [5.74, 6) is -0.500. The minimum atomic E-state index is -0.449. The van der Waals surface area contributed by atoms with Crippen molar-refractivity contribution < 1.29 is 14.0 Å². The van der Waals surface area contributed by atoms with Crippen molar-refractivity contribution in [2.45, 2.75) is 19.5 Å². The highest BCUT2D eigenvalue weighted by Crippen LogP contribution is 2.24. The standard InChI is InChI=1S/C12H13FN2O2/c1-8(14-7-10-4-5-17-15-10)11-3-2-9(13)6-12(11)16/h2-6,8,14,16H,7H2,1H3. The number of nitrogens with one attached hydrogen (secondary N) is 1. The number of halogens is 1. The Balaban J connectivity index is 2.01. The Morgan fingerprint density at radius 2 is 2.29 bits per heavy atom. The van der Waals surface area contributed by atoms with Gasteiger partial charge in [0.05, 0.1) is 5.69 Å². The molecule has 0 saturated heterocycles. The quantitative estimate of drug-likeness (QED) is 0.855. The van der Waals surface area contributed by atoms with Crippen LogP contribution in [0.5, 0.6) is 5.75 Å². The summed E-state index contributed by atoms with van der Waals surface area (Å²) in [5, 5.41) is 16.5. The highest BCUT2D eigenvalue weighted by Gasteiger charge is 2.11. The number of benzene rings is 1. The molecule has 0 aliphatic carbocycles. The second-order valence-electron chi connectivity index (χ2n) is 3.80. The predicted octanol–water partition coefficient (Wildman–Crippen LogP) is 2.37. The van der Waals surface area contributed by atoms with Crippen molar-refractivity contribution in [2.24, 2.45) is 0 Å². The summed E-state index contributed by atoms with van der Waals surface area (Å²) in [5.41, 5.74) is 1.42. The average Bonchev–Trinajstić information content (AvgIpc) is 2.78. The van der Waals surface area contributed by atoms with Crippen LogP contribution in [0.1, 0.15) is 24.2 Å². The molecule has 5 heteroatoms. The lowest BCUT2D eigenvalue weighted by atomic mass is 10.1. The van der Waals surface area contributed by atoms with Gasteiger partial charge >= 0.3 is 0 Å². The van der Waals surface area contributed by atoms with Gasteiger partial charge in [0.25, 0.3) is 0 Å². The van der Waals surface area contributed by atoms with Crippen molar-refractivity contribution in [1.29, 1.82) is 0 Å². The molecule has 17 heavy (non-hydrogen) atoms. The first-order valence-corrected chi connectivity index (χ1v) is 5.28. The maximum Gasteiger partial charge on any atom is 0.126 e. The van der Waals surface area contributed by atoms with E-state index in [1.165, 1.54) is 12.3 Å². The number of phenolic OH excluding ortho intramolecular Hbond substituents is 1. The zero-order valence-corrected chi connectivity index (χ0v) is 9.35. The smallest absolute Gasteiger partial charge is 0.126 e. The summed E-state index contributed by atoms with van der Waals surface area (Å²) in [6, 6.07) is 5.63. The van der Waals surface area contributed by atoms with Crippen LogP contribution >= 0.6 is 0 Å². The summed E-state index contributed by atoms with van der Waals surface area (Å²) in [4.78, 5) is 0. The number of aromatic hydroxyl groups is 1. The van der Waals surface area contributed by atoms with Gasteiger partial charge in [-0.15, -0.1) is 0 Å². The van der Waals surface area contributed by atoms with Crippen molar-refractivity contribution in [3.63, 3.8) is 0 Å². The van der Waals surface area contributed by atoms with Crippen molar-refractivity contribution >= 4 is 0 Å². The third-order valence-electron chi connectivity index (χ3n) is 2.54. The van der Waals surface area contributed by atoms with Crippen LogP contribution in [0.15, 0.2) is 35.1 Å². The van der Waals surface area contributed by atoms with Gasteiger partial charge in [0.15, 0.2) is 0 Å². The molecule has 90 valence electrons. The molecule has 1 aromatic carbocycles. The third kappa shape index (κ3) is 2.82. The molecule has 0 aliphatic rings. The number of rotatable bonds is 4. The zero-order chi connectivity index (χ0) is 12.3. The summed E-state index contributed by atoms with van der Waals surface area (Å²) in [6.07, 6.45) is 1.50. The molecule has 0 radical (unpaired) electrons. The monoisotopic (exact) mass is 236 g/mol. The molecule has 0 amide bonds. The Bertz CT molecular complexity index is 485. The highest BCUT2D eigenvalue weighted by atomic mass is 19.1. The molecule has 2 N–H and O–H groups in total. The second kappa shape index (κ2) is 4.97. The molecule has 2 rings (SSSR count). The van der Waals surface area contributed by atoms with Crippen LogP contribution in [0.4, 0.5) is 4.39 Å². The van der Waals surface area contributed by atoms with Crippen molar-refractivity contribution in [3.05, 3.63) is 47.6 Å². The fourth-order valence-electron chi connectivity index (χ4n) is 1.58. The molecule has 0 bridgehead atoms. The summed E-state index contributed by atoms with van der Waals surface area (Å²) in [6.45, 7) is 2.40. The molecule has 2 aromatic rings. The number of hydrogen-bond donors (Lipinski definition) is 2. The van der Waals surface area contributed by atoms with Crippen LogP contribution in [0.2, 0.25) is 0 Å². The maximum absolute atomic E-state index is 12.8. The molecule has 0 aliphatic heterocycles. The lowest BCUT2D eigenvalue weighted by molar-refractivity contribution is 0.404. The van der Waals surface area contributed by atoms with E-state index in [-0.39, 0.29) is 11.8 Å². The number of nitrogens with zero attached hydrogens (tertiary/aromatic N) is 1. The number of aromatic nitrogens is 1. The van der Waals surface area contributed by atoms with Crippen molar-refractivity contribution in [3.8, 4) is 5.75 Å². The lowest BCUT2D eigenvalue weighted by Gasteiger charge is -2.14. The van der Waals surface area contributed by atoms with Crippen molar-refractivity contribution in [1.82, 2.24) is 10.5 Å². The van der Waals surface area contributed by atoms with Crippen LogP contribution in [0.3, 0.4) is 0 Å². The van der Waals surface area contributed by atoms with E-state index in [0.717, 1.165) is 11.8 Å². The van der Waals surface area contributed by atoms with E-state index in [2.05, 4.69) is 10.5 Å². The summed E-state index contributed by atoms with van der Waals surface area (Å²) >= 11 is 0. The van der Waals surface area contributed by atoms with E-state index >= 15 is 0 Å². The maximum atomic E-state index is 12.8. The molecular weight excluding hydrogens is 223 g/mol. The number of hydrogen-bond acceptors (Lipinski definition) is 4. The Hall–Kier alpha value is -1.88. The van der Waals surface area contributed by atoms with E-state index in [4.69, 9.17) is 4.52 Å². The highest BCUT2D eigenvalue weighted by molar-refractivity contribution is 5.34. The second-order valence-corrected chi connectivity index (χ2v) is 3.80. The van der Waals surface area contributed by atoms with Gasteiger partial charge in [-0.3, -0.25) is 0 Å². The molecule has 1 heterocycles. The van der Waals surface area contributed by atoms with Gasteiger partial charge in [-0.05, 0) is 13.0 Å². The largest absolute Gasteiger partial charge is 0.508 e. The van der Waals surface area contributed by atoms with Crippen LogP contribution in [-0.4, -0.2) is 10.3 Å². The molecule has 0 spiro atoms. The molecule has 1 unspecified atom stereocenters. The van der Waals surface area contributed by atoms with E-state index in [1.807, 2.05) is 6.92 Å². The zero-order valence-electron chi connectivity index (χ0n) is 9.35. The first-order chi connectivity index (χ1) is 8.16. The van der Waals surface area contributed by atoms with Gasteiger partial charge in [-0.2, -0.15) is 0 Å². The molecule has 0 saturated carbocycles. The van der Waals surface area contributed by atoms with Crippen LogP contribution in [0, 0.1) is 5.82 Å². The third-order valence-corrected chi connectivity index (χ3v) is 2.54. The molecule has 4 nitrogen and oxygen atoms in total. The van der Waals surface area contributed by atoms with Gasteiger partial charge in [0, 0.05) is 30.3 Å². The molecular formula is C12H13FN2O2. The molecule has 0 fully saturated rings. The van der Waals surface area contributed by atoms with Gasteiger partial charge < -0.3 is 14.9 Å². The van der Waals surface area contributed by atoms with Gasteiger partial charge in [0.2, 0.25) is 0 Å². The van der Waals surface area contributed by atoms with Crippen molar-refractivity contribution in [2.75, 3.05) is 0 Å². The summed E-state index contributed by atoms with van der Waals surface area (Å²) in [7, 11) is 0. The fraction of sp³-hybridized carbons (Fsp3) is 0.250. The van der Waals surface area contributed by atoms with E-state index in [9.17, 15) is 9.50 Å². The molecule has 1 atom stereocenters.